The van der Waals surface area contributed by atoms with Crippen LogP contribution in [0.5, 0.6) is 11.5 Å². The van der Waals surface area contributed by atoms with Crippen LogP contribution in [-0.4, -0.2) is 87.7 Å². The zero-order valence-electron chi connectivity index (χ0n) is 30.0. The van der Waals surface area contributed by atoms with Crippen LogP contribution in [0, 0.1) is 0 Å². The number of nitrogens with one attached hydrogen (secondary N) is 1. The smallest absolute Gasteiger partial charge is 0.504 e. The Morgan fingerprint density at radius 1 is 1.02 bits per heavy atom. The molecule has 2 heterocycles. The lowest BCUT2D eigenvalue weighted by molar-refractivity contribution is -0.170. The van der Waals surface area contributed by atoms with Gasteiger partial charge in [-0.15, -0.1) is 0 Å². The average molecular weight is 707 g/mol. The molecule has 0 aromatic heterocycles. The zero-order chi connectivity index (χ0) is 37.1. The minimum Gasteiger partial charge on any atom is -0.504 e. The molecule has 1 spiro atoms. The van der Waals surface area contributed by atoms with E-state index in [4.69, 9.17) is 23.7 Å². The fourth-order valence-electron chi connectivity index (χ4n) is 7.86. The molecule has 13 heteroatoms. The third-order valence-corrected chi connectivity index (χ3v) is 9.91. The Morgan fingerprint density at radius 2 is 1.71 bits per heavy atom. The third kappa shape index (κ3) is 6.64. The lowest BCUT2D eigenvalue weighted by Crippen LogP contribution is -2.74. The van der Waals surface area contributed by atoms with Crippen molar-refractivity contribution in [3.8, 4) is 11.5 Å². The highest BCUT2D eigenvalue weighted by Crippen LogP contribution is 2.65. The van der Waals surface area contributed by atoms with Crippen molar-refractivity contribution in [2.45, 2.75) is 114 Å². The Kier molecular flexibility index (Phi) is 9.12. The number of piperidine rings is 1. The second-order valence-corrected chi connectivity index (χ2v) is 15.7. The van der Waals surface area contributed by atoms with E-state index in [1.54, 1.807) is 84.0 Å². The molecular formula is C38H46N2O11. The summed E-state index contributed by atoms with van der Waals surface area (Å²) in [5.74, 6) is -2.36. The van der Waals surface area contributed by atoms with Crippen LogP contribution in [0.4, 0.5) is 4.79 Å². The second kappa shape index (κ2) is 12.9. The van der Waals surface area contributed by atoms with Crippen LogP contribution in [0.1, 0.15) is 83.6 Å². The normalized spacial score (nSPS) is 26.0. The van der Waals surface area contributed by atoms with Crippen molar-refractivity contribution < 1.29 is 53.1 Å². The van der Waals surface area contributed by atoms with Crippen LogP contribution in [0.15, 0.2) is 54.3 Å². The summed E-state index contributed by atoms with van der Waals surface area (Å²) in [6, 6.07) is 9.81. The topological polar surface area (TPSA) is 170 Å². The molecule has 2 bridgehead atoms. The Hall–Kier alpha value is -4.62. The van der Waals surface area contributed by atoms with Gasteiger partial charge in [-0.05, 0) is 85.7 Å². The number of carbonyl (C=O) groups excluding carboxylic acids is 4. The molecule has 274 valence electrons. The van der Waals surface area contributed by atoms with Crippen molar-refractivity contribution in [1.82, 2.24) is 10.2 Å². The molecule has 6 rings (SSSR count). The lowest BCUT2D eigenvalue weighted by atomic mass is 9.50. The van der Waals surface area contributed by atoms with Crippen LogP contribution in [-0.2, 0) is 45.2 Å². The van der Waals surface area contributed by atoms with Crippen molar-refractivity contribution in [3.05, 3.63) is 71.0 Å². The van der Waals surface area contributed by atoms with Gasteiger partial charge in [0.25, 0.3) is 5.91 Å². The number of hydrogen-bond donors (Lipinski definition) is 3. The zero-order valence-corrected chi connectivity index (χ0v) is 30.0. The minimum atomic E-state index is -1.54. The Labute approximate surface area is 296 Å². The Balaban J connectivity index is 1.26. The van der Waals surface area contributed by atoms with Crippen molar-refractivity contribution >= 4 is 24.0 Å². The first kappa shape index (κ1) is 36.2. The van der Waals surface area contributed by atoms with E-state index in [1.165, 1.54) is 0 Å². The molecule has 1 fully saturated rings. The maximum atomic E-state index is 13.8. The number of likely N-dealkylation sites (tertiary alicyclic amines) is 1. The highest BCUT2D eigenvalue weighted by atomic mass is 16.7. The molecule has 3 N–H and O–H groups in total. The number of phenolic OH excluding ortho intramolecular Hbond substituents is 1. The molecule has 0 radical (unpaired) electrons. The molecule has 6 atom stereocenters. The number of ether oxygens (including phenoxy) is 5. The maximum Gasteiger partial charge on any atom is 0.509 e. The van der Waals surface area contributed by atoms with Gasteiger partial charge in [0.15, 0.2) is 17.6 Å². The van der Waals surface area contributed by atoms with Gasteiger partial charge in [0, 0.05) is 23.6 Å². The molecular weight excluding hydrogens is 660 g/mol. The number of rotatable bonds is 8. The maximum absolute atomic E-state index is 13.8. The number of likely N-dealkylation sites (N-methyl/N-ethyl adjacent to an activating group) is 1. The van der Waals surface area contributed by atoms with Crippen molar-refractivity contribution in [1.29, 1.82) is 0 Å². The highest BCUT2D eigenvalue weighted by Gasteiger charge is 2.72. The summed E-state index contributed by atoms with van der Waals surface area (Å²) in [5.41, 5.74) is -2.14. The van der Waals surface area contributed by atoms with E-state index >= 15 is 0 Å². The van der Waals surface area contributed by atoms with E-state index in [0.717, 1.165) is 11.1 Å². The fraction of sp³-hybridized carbons (Fsp3) is 0.526. The molecule has 1 amide bonds. The number of nitrogens with zero attached hydrogens (tertiary/aromatic N) is 1. The number of benzene rings is 2. The van der Waals surface area contributed by atoms with Crippen LogP contribution in [0.2, 0.25) is 0 Å². The predicted molar refractivity (Wildman–Crippen MR) is 182 cm³/mol. The van der Waals surface area contributed by atoms with Gasteiger partial charge in [0.2, 0.25) is 6.10 Å². The molecule has 0 saturated carbocycles. The van der Waals surface area contributed by atoms with Crippen LogP contribution < -0.4 is 10.1 Å². The van der Waals surface area contributed by atoms with Crippen LogP contribution in [0.3, 0.4) is 0 Å². The highest BCUT2D eigenvalue weighted by molar-refractivity contribution is 5.91. The van der Waals surface area contributed by atoms with Crippen LogP contribution >= 0.6 is 0 Å². The molecule has 2 aliphatic carbocycles. The van der Waals surface area contributed by atoms with Gasteiger partial charge in [-0.2, -0.15) is 0 Å². The number of hydrogen-bond acceptors (Lipinski definition) is 12. The molecule has 1 saturated heterocycles. The quantitative estimate of drug-likeness (QED) is 0.266. The van der Waals surface area contributed by atoms with E-state index < -0.39 is 70.9 Å². The summed E-state index contributed by atoms with van der Waals surface area (Å²) in [4.78, 5) is 55.8. The third-order valence-electron chi connectivity index (χ3n) is 9.91. The van der Waals surface area contributed by atoms with Crippen molar-refractivity contribution in [2.75, 3.05) is 13.6 Å². The first-order chi connectivity index (χ1) is 23.8. The monoisotopic (exact) mass is 706 g/mol. The van der Waals surface area contributed by atoms with E-state index in [9.17, 15) is 29.4 Å². The Bertz CT molecular complexity index is 1760. The summed E-state index contributed by atoms with van der Waals surface area (Å²) >= 11 is 0. The number of aliphatic hydroxyl groups is 1. The molecule has 51 heavy (non-hydrogen) atoms. The van der Waals surface area contributed by atoms with Gasteiger partial charge >= 0.3 is 18.1 Å². The molecule has 13 nitrogen and oxygen atoms in total. The lowest BCUT2D eigenvalue weighted by Gasteiger charge is -2.61. The first-order valence-corrected chi connectivity index (χ1v) is 17.2. The summed E-state index contributed by atoms with van der Waals surface area (Å²) in [6.45, 7) is 10.5. The number of carbonyl (C=O) groups is 4. The van der Waals surface area contributed by atoms with E-state index in [0.29, 0.717) is 24.9 Å². The van der Waals surface area contributed by atoms with Gasteiger partial charge in [-0.3, -0.25) is 9.59 Å². The van der Waals surface area contributed by atoms with Crippen LogP contribution in [0.25, 0.3) is 0 Å². The SMILES string of the molecule is CN1CC[C@]23c4c5ccc(O)c4O[C@H]2C(OC(=O)C[C@H](NC(=O)[C@@H](OC(=O)OC(C)(C)C)c2ccccc2)C(=O)OC(C)(C)C)=CC[C@@]3(O)[C@H]1C5. The molecule has 0 unspecified atom stereocenters. The molecule has 2 aromatic carbocycles. The summed E-state index contributed by atoms with van der Waals surface area (Å²) in [6.07, 6.45) is -1.38. The molecule has 4 aliphatic rings. The number of aromatic hydroxyl groups is 1. The fourth-order valence-corrected chi connectivity index (χ4v) is 7.86. The standard InChI is InChI=1S/C38H46N2O11/c1-35(2,3)50-33(44)23(39-32(43)29(21-11-9-8-10-12-21)49-34(45)51-36(4,5)6)20-27(42)47-25-15-16-38(46)26-19-22-13-14-24(41)30-28(22)37(38,31(25)48-30)17-18-40(26)7/h8-15,23,26,29,31,41,46H,16-20H2,1-7H3,(H,39,43)/t23-,26+,29-,31-,37-,38+/m0/s1. The van der Waals surface area contributed by atoms with Gasteiger partial charge in [0.1, 0.15) is 23.0 Å². The van der Waals surface area contributed by atoms with Crippen molar-refractivity contribution in [3.63, 3.8) is 0 Å². The van der Waals surface area contributed by atoms with Crippen molar-refractivity contribution in [2.24, 2.45) is 0 Å². The van der Waals surface area contributed by atoms with Gasteiger partial charge in [-0.25, -0.2) is 9.59 Å². The molecule has 2 aromatic rings. The number of amides is 1. The Morgan fingerprint density at radius 3 is 2.37 bits per heavy atom. The number of phenols is 1. The second-order valence-electron chi connectivity index (χ2n) is 15.7. The summed E-state index contributed by atoms with van der Waals surface area (Å²) < 4.78 is 28.6. The summed E-state index contributed by atoms with van der Waals surface area (Å²) in [7, 11) is 1.97. The predicted octanol–water partition coefficient (Wildman–Crippen LogP) is 4.12. The van der Waals surface area contributed by atoms with E-state index in [-0.39, 0.29) is 29.7 Å². The van der Waals surface area contributed by atoms with Gasteiger partial charge < -0.3 is 44.1 Å². The van der Waals surface area contributed by atoms with Gasteiger partial charge in [-0.1, -0.05) is 36.4 Å². The number of esters is 2. The largest absolute Gasteiger partial charge is 0.509 e. The van der Waals surface area contributed by atoms with Gasteiger partial charge in [0.05, 0.1) is 17.4 Å². The summed E-state index contributed by atoms with van der Waals surface area (Å²) in [5, 5.41) is 25.7. The molecule has 2 aliphatic heterocycles. The van der Waals surface area contributed by atoms with E-state index in [1.807, 2.05) is 13.1 Å². The average Bonchev–Trinajstić information content (AvgIpc) is 3.39. The minimum absolute atomic E-state index is 0.0720. The van der Waals surface area contributed by atoms with E-state index in [2.05, 4.69) is 10.2 Å². The first-order valence-electron chi connectivity index (χ1n) is 17.2.